The number of hydrogen-bond donors (Lipinski definition) is 2. The van der Waals surface area contributed by atoms with Crippen molar-refractivity contribution in [2.45, 2.75) is 0 Å². The molecule has 0 atom stereocenters. The summed E-state index contributed by atoms with van der Waals surface area (Å²) in [7, 11) is 0. The molecule has 0 heterocycles. The van der Waals surface area contributed by atoms with E-state index in [1.165, 1.54) is 0 Å². The van der Waals surface area contributed by atoms with Crippen molar-refractivity contribution in [2.75, 3.05) is 0 Å². The van der Waals surface area contributed by atoms with E-state index in [0.29, 0.717) is 11.1 Å². The average molecular weight is 519 g/mol. The summed E-state index contributed by atoms with van der Waals surface area (Å²) in [4.78, 5) is 9.56. The highest BCUT2D eigenvalue weighted by molar-refractivity contribution is 6.04. The fourth-order valence-corrected chi connectivity index (χ4v) is 4.73. The molecular weight excluding hydrogens is 492 g/mol. The summed E-state index contributed by atoms with van der Waals surface area (Å²) in [6.45, 7) is 0. The Balaban J connectivity index is 1.37. The van der Waals surface area contributed by atoms with Gasteiger partial charge in [0.1, 0.15) is 11.5 Å². The number of aliphatic imine (C=N–C) groups is 2. The maximum absolute atomic E-state index is 10.5. The normalized spacial score (nSPS) is 11.5. The van der Waals surface area contributed by atoms with Gasteiger partial charge in [-0.1, -0.05) is 97.1 Å². The lowest BCUT2D eigenvalue weighted by atomic mass is 10.0. The predicted molar refractivity (Wildman–Crippen MR) is 166 cm³/mol. The molecule has 0 aliphatic heterocycles. The highest BCUT2D eigenvalue weighted by Crippen LogP contribution is 2.35. The van der Waals surface area contributed by atoms with Crippen LogP contribution in [0.15, 0.2) is 143 Å². The van der Waals surface area contributed by atoms with Crippen LogP contribution in [-0.2, 0) is 0 Å². The second-order valence-electron chi connectivity index (χ2n) is 9.45. The zero-order chi connectivity index (χ0) is 27.3. The van der Waals surface area contributed by atoms with Crippen LogP contribution < -0.4 is 0 Å². The first-order valence-corrected chi connectivity index (χ1v) is 13.0. The van der Waals surface area contributed by atoms with Crippen LogP contribution in [0.5, 0.6) is 11.5 Å². The Morgan fingerprint density at radius 3 is 1.32 bits per heavy atom. The molecule has 6 rings (SSSR count). The van der Waals surface area contributed by atoms with Crippen LogP contribution in [0.2, 0.25) is 0 Å². The van der Waals surface area contributed by atoms with Crippen molar-refractivity contribution in [3.05, 3.63) is 145 Å². The summed E-state index contributed by atoms with van der Waals surface area (Å²) in [6.07, 6.45) is 3.37. The van der Waals surface area contributed by atoms with Gasteiger partial charge in [0.25, 0.3) is 0 Å². The maximum atomic E-state index is 10.5. The first-order chi connectivity index (χ1) is 19.7. The molecule has 0 radical (unpaired) electrons. The van der Waals surface area contributed by atoms with Gasteiger partial charge in [0.2, 0.25) is 0 Å². The van der Waals surface area contributed by atoms with Crippen molar-refractivity contribution in [3.8, 4) is 33.8 Å². The number of hydrogen-bond acceptors (Lipinski definition) is 4. The van der Waals surface area contributed by atoms with Crippen LogP contribution in [0, 0.1) is 0 Å². The summed E-state index contributed by atoms with van der Waals surface area (Å²) in [5.74, 6) is 0.325. The van der Waals surface area contributed by atoms with E-state index in [2.05, 4.69) is 0 Å². The molecule has 0 aliphatic carbocycles. The molecule has 0 unspecified atom stereocenters. The van der Waals surface area contributed by atoms with Crippen molar-refractivity contribution in [2.24, 2.45) is 9.98 Å². The SMILES string of the molecule is Oc1ccc(-c2ccccc2)cc1C=Nc1cccc2cccc(N=Cc3cc(-c4ccccc4)ccc3O)c12. The molecule has 0 aliphatic rings. The zero-order valence-corrected chi connectivity index (χ0v) is 21.6. The number of rotatable bonds is 6. The lowest BCUT2D eigenvalue weighted by Gasteiger charge is -2.08. The molecule has 0 fully saturated rings. The summed E-state index contributed by atoms with van der Waals surface area (Å²) in [5, 5.41) is 22.9. The van der Waals surface area contributed by atoms with Crippen LogP contribution >= 0.6 is 0 Å². The van der Waals surface area contributed by atoms with Gasteiger partial charge in [-0.15, -0.1) is 0 Å². The lowest BCUT2D eigenvalue weighted by Crippen LogP contribution is -1.86. The number of fused-ring (bicyclic) bond motifs is 1. The minimum absolute atomic E-state index is 0.163. The minimum Gasteiger partial charge on any atom is -0.507 e. The van der Waals surface area contributed by atoms with Crippen LogP contribution in [0.3, 0.4) is 0 Å². The van der Waals surface area contributed by atoms with Crippen LogP contribution in [0.25, 0.3) is 33.0 Å². The van der Waals surface area contributed by atoms with E-state index in [1.54, 1.807) is 24.6 Å². The van der Waals surface area contributed by atoms with Crippen LogP contribution in [-0.4, -0.2) is 22.6 Å². The van der Waals surface area contributed by atoms with Gasteiger partial charge in [-0.25, -0.2) is 0 Å². The molecule has 40 heavy (non-hydrogen) atoms. The van der Waals surface area contributed by atoms with E-state index in [0.717, 1.165) is 44.4 Å². The Morgan fingerprint density at radius 1 is 0.425 bits per heavy atom. The molecule has 192 valence electrons. The third-order valence-corrected chi connectivity index (χ3v) is 6.82. The molecule has 0 saturated carbocycles. The Morgan fingerprint density at radius 2 is 0.875 bits per heavy atom. The van der Waals surface area contributed by atoms with E-state index < -0.39 is 0 Å². The Bertz CT molecular complexity index is 1730. The molecule has 0 bridgehead atoms. The molecule has 6 aromatic rings. The molecule has 4 nitrogen and oxygen atoms in total. The van der Waals surface area contributed by atoms with E-state index in [4.69, 9.17) is 9.98 Å². The molecule has 0 saturated heterocycles. The van der Waals surface area contributed by atoms with E-state index in [1.807, 2.05) is 121 Å². The van der Waals surface area contributed by atoms with Crippen LogP contribution in [0.1, 0.15) is 11.1 Å². The number of benzene rings is 6. The highest BCUT2D eigenvalue weighted by atomic mass is 16.3. The summed E-state index contributed by atoms with van der Waals surface area (Å²) in [5.41, 5.74) is 6.86. The van der Waals surface area contributed by atoms with E-state index in [9.17, 15) is 10.2 Å². The Kier molecular flexibility index (Phi) is 6.89. The van der Waals surface area contributed by atoms with Gasteiger partial charge in [0.15, 0.2) is 0 Å². The molecular formula is C36H26N2O2. The van der Waals surface area contributed by atoms with Crippen molar-refractivity contribution >= 4 is 34.6 Å². The standard InChI is InChI=1S/C36H26N2O2/c39-34-19-17-28(25-9-3-1-4-10-25)21-30(34)23-37-32-15-7-13-27-14-8-16-33(36(27)32)38-24-31-22-29(18-20-35(31)40)26-11-5-2-6-12-26/h1-24,39-40H. The summed E-state index contributed by atoms with van der Waals surface area (Å²) in [6, 6.07) is 42.9. The molecule has 6 aromatic carbocycles. The van der Waals surface area contributed by atoms with Crippen molar-refractivity contribution in [1.29, 1.82) is 0 Å². The zero-order valence-electron chi connectivity index (χ0n) is 21.6. The van der Waals surface area contributed by atoms with Crippen molar-refractivity contribution in [1.82, 2.24) is 0 Å². The number of aromatic hydroxyl groups is 2. The minimum atomic E-state index is 0.163. The van der Waals surface area contributed by atoms with Gasteiger partial charge in [-0.2, -0.15) is 0 Å². The summed E-state index contributed by atoms with van der Waals surface area (Å²) < 4.78 is 0. The van der Waals surface area contributed by atoms with Gasteiger partial charge in [-0.3, -0.25) is 9.98 Å². The molecule has 2 N–H and O–H groups in total. The Labute approximate surface area is 232 Å². The third-order valence-electron chi connectivity index (χ3n) is 6.82. The first kappa shape index (κ1) is 24.8. The average Bonchev–Trinajstić information content (AvgIpc) is 3.01. The number of phenols is 2. The van der Waals surface area contributed by atoms with Gasteiger partial charge >= 0.3 is 0 Å². The molecule has 0 aromatic heterocycles. The summed E-state index contributed by atoms with van der Waals surface area (Å²) >= 11 is 0. The highest BCUT2D eigenvalue weighted by Gasteiger charge is 2.08. The quantitative estimate of drug-likeness (QED) is 0.216. The van der Waals surface area contributed by atoms with Gasteiger partial charge in [0, 0.05) is 28.9 Å². The maximum Gasteiger partial charge on any atom is 0.124 e. The second-order valence-corrected chi connectivity index (χ2v) is 9.45. The fourth-order valence-electron chi connectivity index (χ4n) is 4.73. The number of phenolic OH excluding ortho intramolecular Hbond substituents is 2. The van der Waals surface area contributed by atoms with Gasteiger partial charge in [-0.05, 0) is 64.0 Å². The smallest absolute Gasteiger partial charge is 0.124 e. The largest absolute Gasteiger partial charge is 0.507 e. The van der Waals surface area contributed by atoms with Gasteiger partial charge in [0.05, 0.1) is 11.4 Å². The van der Waals surface area contributed by atoms with Gasteiger partial charge < -0.3 is 10.2 Å². The monoisotopic (exact) mass is 518 g/mol. The topological polar surface area (TPSA) is 65.2 Å². The van der Waals surface area contributed by atoms with E-state index in [-0.39, 0.29) is 11.5 Å². The van der Waals surface area contributed by atoms with Crippen molar-refractivity contribution < 1.29 is 10.2 Å². The lowest BCUT2D eigenvalue weighted by molar-refractivity contribution is 0.474. The predicted octanol–water partition coefficient (Wildman–Crippen LogP) is 9.09. The Hall–Kier alpha value is -5.48. The first-order valence-electron chi connectivity index (χ1n) is 13.0. The third kappa shape index (κ3) is 5.24. The molecule has 0 spiro atoms. The van der Waals surface area contributed by atoms with E-state index >= 15 is 0 Å². The van der Waals surface area contributed by atoms with Crippen LogP contribution in [0.4, 0.5) is 11.4 Å². The fraction of sp³-hybridized carbons (Fsp3) is 0. The molecule has 4 heteroatoms. The second kappa shape index (κ2) is 11.1. The van der Waals surface area contributed by atoms with Crippen molar-refractivity contribution in [3.63, 3.8) is 0 Å². The number of nitrogens with zero attached hydrogens (tertiary/aromatic N) is 2. The molecule has 0 amide bonds.